The molecular weight excluding hydrogens is 547 g/mol. The van der Waals surface area contributed by atoms with Crippen molar-refractivity contribution in [1.29, 1.82) is 0 Å². The number of H-pyrrole nitrogens is 1. The van der Waals surface area contributed by atoms with Gasteiger partial charge in [0.05, 0.1) is 33.7 Å². The minimum Gasteiger partial charge on any atom is -0.359 e. The first-order valence-electron chi connectivity index (χ1n) is 14.1. The molecule has 3 heterocycles. The lowest BCUT2D eigenvalue weighted by atomic mass is 9.97. The number of aryl methyl sites for hydroxylation is 2. The maximum absolute atomic E-state index is 14.9. The number of alkyl halides is 3. The van der Waals surface area contributed by atoms with E-state index >= 15 is 0 Å². The van der Waals surface area contributed by atoms with Gasteiger partial charge in [-0.1, -0.05) is 38.1 Å². The molecule has 2 aromatic heterocycles. The number of fused-ring (bicyclic) bond motifs is 2. The molecule has 0 bridgehead atoms. The second-order valence-electron chi connectivity index (χ2n) is 11.3. The van der Waals surface area contributed by atoms with Crippen LogP contribution in [-0.4, -0.2) is 19.7 Å². The van der Waals surface area contributed by atoms with E-state index in [1.54, 1.807) is 12.3 Å². The molecular formula is C33H31F5N4. The predicted molar refractivity (Wildman–Crippen MR) is 153 cm³/mol. The first kappa shape index (κ1) is 28.2. The molecule has 0 spiro atoms. The van der Waals surface area contributed by atoms with E-state index in [0.717, 1.165) is 63.6 Å². The van der Waals surface area contributed by atoms with E-state index < -0.39 is 23.1 Å². The van der Waals surface area contributed by atoms with Crippen LogP contribution in [0.2, 0.25) is 0 Å². The van der Waals surface area contributed by atoms with E-state index in [9.17, 15) is 22.0 Å². The monoisotopic (exact) mass is 578 g/mol. The number of aromatic nitrogens is 3. The smallest absolute Gasteiger partial charge is 0.359 e. The summed E-state index contributed by atoms with van der Waals surface area (Å²) < 4.78 is 71.2. The molecule has 1 aliphatic heterocycles. The topological polar surface area (TPSA) is 36.9 Å². The zero-order chi connectivity index (χ0) is 30.0. The van der Waals surface area contributed by atoms with Gasteiger partial charge in [-0.15, -0.1) is 0 Å². The minimum atomic E-state index is -4.62. The van der Waals surface area contributed by atoms with E-state index in [2.05, 4.69) is 31.0 Å². The lowest BCUT2D eigenvalue weighted by molar-refractivity contribution is -0.137. The molecule has 0 fully saturated rings. The van der Waals surface area contributed by atoms with Crippen LogP contribution >= 0.6 is 0 Å². The van der Waals surface area contributed by atoms with Crippen LogP contribution in [-0.2, 0) is 37.6 Å². The largest absolute Gasteiger partial charge is 0.416 e. The maximum atomic E-state index is 14.9. The van der Waals surface area contributed by atoms with Crippen molar-refractivity contribution < 1.29 is 22.0 Å². The van der Waals surface area contributed by atoms with Gasteiger partial charge in [-0.2, -0.15) is 18.3 Å². The SMILES string of the molecule is CCc1cccc(CC)c1-n1nc2c(c1-c1ccc(F)c3[nH]ccc13)CN(Cc1ccc(C(F)(F)F)cc1F)C2(C)C. The highest BCUT2D eigenvalue weighted by molar-refractivity contribution is 5.96. The number of rotatable bonds is 6. The van der Waals surface area contributed by atoms with Gasteiger partial charge in [0, 0.05) is 41.4 Å². The molecule has 9 heteroatoms. The lowest BCUT2D eigenvalue weighted by Gasteiger charge is -2.32. The number of nitrogens with zero attached hydrogens (tertiary/aromatic N) is 3. The van der Waals surface area contributed by atoms with Gasteiger partial charge >= 0.3 is 6.18 Å². The molecule has 1 N–H and O–H groups in total. The van der Waals surface area contributed by atoms with Crippen LogP contribution in [0.5, 0.6) is 0 Å². The number of hydrogen-bond donors (Lipinski definition) is 1. The molecule has 42 heavy (non-hydrogen) atoms. The first-order valence-corrected chi connectivity index (χ1v) is 14.1. The second kappa shape index (κ2) is 10.1. The Bertz CT molecular complexity index is 1790. The summed E-state index contributed by atoms with van der Waals surface area (Å²) in [6.45, 7) is 8.66. The summed E-state index contributed by atoms with van der Waals surface area (Å²) in [5.74, 6) is -1.25. The van der Waals surface area contributed by atoms with Gasteiger partial charge in [-0.05, 0) is 68.1 Å². The van der Waals surface area contributed by atoms with E-state index in [-0.39, 0.29) is 17.9 Å². The van der Waals surface area contributed by atoms with Gasteiger partial charge in [-0.3, -0.25) is 4.90 Å². The van der Waals surface area contributed by atoms with Crippen LogP contribution in [0.25, 0.3) is 27.8 Å². The van der Waals surface area contributed by atoms with Crippen LogP contribution in [0.1, 0.15) is 61.2 Å². The fraction of sp³-hybridized carbons (Fsp3) is 0.303. The van der Waals surface area contributed by atoms with Gasteiger partial charge in [0.15, 0.2) is 0 Å². The first-order chi connectivity index (χ1) is 20.0. The Kier molecular flexibility index (Phi) is 6.76. The highest BCUT2D eigenvalue weighted by Gasteiger charge is 2.43. The Balaban J connectivity index is 1.53. The van der Waals surface area contributed by atoms with Gasteiger partial charge in [0.25, 0.3) is 0 Å². The summed E-state index contributed by atoms with van der Waals surface area (Å²) in [6, 6.07) is 14.0. The number of aromatic amines is 1. The third kappa shape index (κ3) is 4.42. The minimum absolute atomic E-state index is 0.0987. The highest BCUT2D eigenvalue weighted by Crippen LogP contribution is 2.46. The standard InChI is InChI=1S/C33H31F5N4/c1-5-19-8-7-9-20(6-2)29(19)42-30(24-12-13-26(34)28-23(24)14-15-39-28)25-18-41(32(3,4)31(25)40-42)17-21-10-11-22(16-27(21)35)33(36,37)38/h7-16,39H,5-6,17-18H2,1-4H3. The van der Waals surface area contributed by atoms with Crippen LogP contribution in [0, 0.1) is 11.6 Å². The van der Waals surface area contributed by atoms with E-state index in [1.807, 2.05) is 35.6 Å². The van der Waals surface area contributed by atoms with Crippen molar-refractivity contribution in [3.8, 4) is 16.9 Å². The Hall–Kier alpha value is -3.98. The number of benzene rings is 3. The predicted octanol–water partition coefficient (Wildman–Crippen LogP) is 8.69. The summed E-state index contributed by atoms with van der Waals surface area (Å²) in [7, 11) is 0. The molecule has 0 radical (unpaired) electrons. The van der Waals surface area contributed by atoms with E-state index in [0.29, 0.717) is 18.1 Å². The molecule has 0 saturated heterocycles. The summed E-state index contributed by atoms with van der Waals surface area (Å²) in [5.41, 5.74) is 5.51. The van der Waals surface area contributed by atoms with Crippen molar-refractivity contribution in [1.82, 2.24) is 19.7 Å². The molecule has 3 aromatic carbocycles. The molecule has 1 aliphatic rings. The number of hydrogen-bond acceptors (Lipinski definition) is 2. The third-order valence-electron chi connectivity index (χ3n) is 8.55. The van der Waals surface area contributed by atoms with Crippen LogP contribution in [0.15, 0.2) is 60.8 Å². The Morgan fingerprint density at radius 1 is 0.905 bits per heavy atom. The van der Waals surface area contributed by atoms with Crippen molar-refractivity contribution in [3.63, 3.8) is 0 Å². The summed E-state index contributed by atoms with van der Waals surface area (Å²) in [6.07, 6.45) is -1.33. The molecule has 218 valence electrons. The molecule has 0 saturated carbocycles. The van der Waals surface area contributed by atoms with Crippen molar-refractivity contribution in [2.75, 3.05) is 0 Å². The van der Waals surface area contributed by atoms with Crippen LogP contribution in [0.4, 0.5) is 22.0 Å². The van der Waals surface area contributed by atoms with Gasteiger partial charge < -0.3 is 4.98 Å². The van der Waals surface area contributed by atoms with Crippen molar-refractivity contribution in [2.24, 2.45) is 0 Å². The molecule has 0 atom stereocenters. The second-order valence-corrected chi connectivity index (χ2v) is 11.3. The zero-order valence-corrected chi connectivity index (χ0v) is 23.8. The Morgan fingerprint density at radius 3 is 2.26 bits per heavy atom. The third-order valence-corrected chi connectivity index (χ3v) is 8.55. The summed E-state index contributed by atoms with van der Waals surface area (Å²) in [5, 5.41) is 5.93. The van der Waals surface area contributed by atoms with Gasteiger partial charge in [0.1, 0.15) is 11.6 Å². The number of para-hydroxylation sites is 1. The quantitative estimate of drug-likeness (QED) is 0.205. The molecule has 5 aromatic rings. The molecule has 6 rings (SSSR count). The van der Waals surface area contributed by atoms with Crippen molar-refractivity contribution >= 4 is 10.9 Å². The maximum Gasteiger partial charge on any atom is 0.416 e. The van der Waals surface area contributed by atoms with Gasteiger partial charge in [0.2, 0.25) is 0 Å². The van der Waals surface area contributed by atoms with Gasteiger partial charge in [-0.25, -0.2) is 13.5 Å². The summed E-state index contributed by atoms with van der Waals surface area (Å²) >= 11 is 0. The van der Waals surface area contributed by atoms with Crippen molar-refractivity contribution in [3.05, 3.63) is 106 Å². The average molecular weight is 579 g/mol. The van der Waals surface area contributed by atoms with Crippen LogP contribution in [0.3, 0.4) is 0 Å². The summed E-state index contributed by atoms with van der Waals surface area (Å²) in [4.78, 5) is 5.03. The molecule has 0 unspecified atom stereocenters. The number of nitrogens with one attached hydrogen (secondary N) is 1. The fourth-order valence-electron chi connectivity index (χ4n) is 6.19. The molecule has 4 nitrogen and oxygen atoms in total. The number of halogens is 5. The normalized spacial score (nSPS) is 15.1. The molecule has 0 amide bonds. The van der Waals surface area contributed by atoms with Crippen LogP contribution < -0.4 is 0 Å². The van der Waals surface area contributed by atoms with E-state index in [1.165, 1.54) is 12.1 Å². The highest BCUT2D eigenvalue weighted by atomic mass is 19.4. The lowest BCUT2D eigenvalue weighted by Crippen LogP contribution is -2.36. The zero-order valence-electron chi connectivity index (χ0n) is 23.8. The van der Waals surface area contributed by atoms with Crippen molar-refractivity contribution in [2.45, 2.75) is 65.3 Å². The fourth-order valence-corrected chi connectivity index (χ4v) is 6.19. The van der Waals surface area contributed by atoms with E-state index in [4.69, 9.17) is 5.10 Å². The Labute approximate surface area is 240 Å². The Morgan fingerprint density at radius 2 is 1.62 bits per heavy atom. The molecule has 0 aliphatic carbocycles. The average Bonchev–Trinajstić information content (AvgIpc) is 3.64.